The van der Waals surface area contributed by atoms with Crippen molar-refractivity contribution in [2.24, 2.45) is 0 Å². The molecule has 0 radical (unpaired) electrons. The zero-order chi connectivity index (χ0) is 18.5. The van der Waals surface area contributed by atoms with Crippen molar-refractivity contribution in [2.75, 3.05) is 13.7 Å². The summed E-state index contributed by atoms with van der Waals surface area (Å²) < 4.78 is 10.8. The van der Waals surface area contributed by atoms with Gasteiger partial charge in [-0.05, 0) is 41.8 Å². The van der Waals surface area contributed by atoms with Crippen molar-refractivity contribution in [3.05, 3.63) is 59.7 Å². The SMILES string of the molecule is COc1cccc(C(O)COc2ccc(CC3SC(=O)NC3O)cc2)c1. The molecule has 3 atom stereocenters. The van der Waals surface area contributed by atoms with Crippen molar-refractivity contribution in [3.63, 3.8) is 0 Å². The number of methoxy groups -OCH3 is 1. The topological polar surface area (TPSA) is 88.0 Å². The average molecular weight is 375 g/mol. The monoisotopic (exact) mass is 375 g/mol. The number of aliphatic hydroxyl groups is 2. The molecule has 0 aromatic heterocycles. The Morgan fingerprint density at radius 3 is 2.62 bits per heavy atom. The van der Waals surface area contributed by atoms with Crippen molar-refractivity contribution < 1.29 is 24.5 Å². The molecule has 1 amide bonds. The highest BCUT2D eigenvalue weighted by Gasteiger charge is 2.31. The van der Waals surface area contributed by atoms with Crippen molar-refractivity contribution in [1.29, 1.82) is 0 Å². The van der Waals surface area contributed by atoms with E-state index in [4.69, 9.17) is 9.47 Å². The highest BCUT2D eigenvalue weighted by Crippen LogP contribution is 2.26. The van der Waals surface area contributed by atoms with E-state index in [1.807, 2.05) is 42.5 Å². The van der Waals surface area contributed by atoms with Gasteiger partial charge in [-0.3, -0.25) is 4.79 Å². The van der Waals surface area contributed by atoms with E-state index in [0.717, 1.165) is 22.9 Å². The molecule has 1 fully saturated rings. The Hall–Kier alpha value is -2.22. The molecule has 6 nitrogen and oxygen atoms in total. The first-order chi connectivity index (χ1) is 12.5. The van der Waals surface area contributed by atoms with Crippen LogP contribution < -0.4 is 14.8 Å². The summed E-state index contributed by atoms with van der Waals surface area (Å²) in [5, 5.41) is 22.1. The third-order valence-electron chi connectivity index (χ3n) is 4.12. The summed E-state index contributed by atoms with van der Waals surface area (Å²) in [7, 11) is 1.58. The van der Waals surface area contributed by atoms with Crippen LogP contribution in [0.1, 0.15) is 17.2 Å². The third-order valence-corrected chi connectivity index (χ3v) is 5.18. The molecule has 138 valence electrons. The summed E-state index contributed by atoms with van der Waals surface area (Å²) in [4.78, 5) is 11.3. The van der Waals surface area contributed by atoms with Gasteiger partial charge in [0, 0.05) is 0 Å². The zero-order valence-corrected chi connectivity index (χ0v) is 15.1. The minimum atomic E-state index is -0.818. The van der Waals surface area contributed by atoms with E-state index >= 15 is 0 Å². The molecule has 7 heteroatoms. The van der Waals surface area contributed by atoms with Gasteiger partial charge in [0.25, 0.3) is 5.24 Å². The Kier molecular flexibility index (Phi) is 6.03. The minimum Gasteiger partial charge on any atom is -0.497 e. The van der Waals surface area contributed by atoms with Crippen molar-refractivity contribution in [3.8, 4) is 11.5 Å². The van der Waals surface area contributed by atoms with Gasteiger partial charge in [0.05, 0.1) is 12.4 Å². The smallest absolute Gasteiger partial charge is 0.281 e. The van der Waals surface area contributed by atoms with Crippen LogP contribution in [0.3, 0.4) is 0 Å². The summed E-state index contributed by atoms with van der Waals surface area (Å²) in [5.41, 5.74) is 1.73. The number of carbonyl (C=O) groups is 1. The number of hydrogen-bond donors (Lipinski definition) is 3. The molecule has 3 rings (SSSR count). The van der Waals surface area contributed by atoms with Gasteiger partial charge in [-0.2, -0.15) is 0 Å². The molecule has 1 aliphatic rings. The molecule has 1 saturated heterocycles. The maximum absolute atomic E-state index is 11.3. The second kappa shape index (κ2) is 8.44. The summed E-state index contributed by atoms with van der Waals surface area (Å²) in [6.07, 6.45) is -0.995. The lowest BCUT2D eigenvalue weighted by atomic mass is 10.1. The molecule has 2 aromatic rings. The minimum absolute atomic E-state index is 0.127. The lowest BCUT2D eigenvalue weighted by Gasteiger charge is -2.15. The number of benzene rings is 2. The van der Waals surface area contributed by atoms with Gasteiger partial charge >= 0.3 is 0 Å². The first-order valence-electron chi connectivity index (χ1n) is 8.24. The number of hydrogen-bond acceptors (Lipinski definition) is 6. The Morgan fingerprint density at radius 1 is 1.19 bits per heavy atom. The van der Waals surface area contributed by atoms with Crippen LogP contribution in [0.5, 0.6) is 11.5 Å². The molecule has 3 N–H and O–H groups in total. The number of thioether (sulfide) groups is 1. The predicted molar refractivity (Wildman–Crippen MR) is 99.5 cm³/mol. The molecule has 0 spiro atoms. The first-order valence-corrected chi connectivity index (χ1v) is 9.12. The zero-order valence-electron chi connectivity index (χ0n) is 14.3. The molecule has 0 aliphatic carbocycles. The van der Waals surface area contributed by atoms with E-state index < -0.39 is 12.3 Å². The largest absolute Gasteiger partial charge is 0.497 e. The van der Waals surface area contributed by atoms with Crippen molar-refractivity contribution >= 4 is 17.0 Å². The van der Waals surface area contributed by atoms with Crippen LogP contribution in [-0.4, -0.2) is 40.6 Å². The fraction of sp³-hybridized carbons (Fsp3) is 0.316. The van der Waals surface area contributed by atoms with Crippen molar-refractivity contribution in [1.82, 2.24) is 5.32 Å². The van der Waals surface area contributed by atoms with Gasteiger partial charge < -0.3 is 25.0 Å². The molecule has 1 heterocycles. The second-order valence-corrected chi connectivity index (χ2v) is 7.20. The number of amides is 1. The Labute approximate surface area is 156 Å². The van der Waals surface area contributed by atoms with E-state index in [2.05, 4.69) is 5.32 Å². The van der Waals surface area contributed by atoms with Crippen LogP contribution >= 0.6 is 11.8 Å². The van der Waals surface area contributed by atoms with Crippen molar-refractivity contribution in [2.45, 2.75) is 24.0 Å². The van der Waals surface area contributed by atoms with Crippen LogP contribution in [0.2, 0.25) is 0 Å². The van der Waals surface area contributed by atoms with Crippen LogP contribution in [0.25, 0.3) is 0 Å². The lowest BCUT2D eigenvalue weighted by Crippen LogP contribution is -2.31. The van der Waals surface area contributed by atoms with Crippen LogP contribution in [0.4, 0.5) is 4.79 Å². The fourth-order valence-electron chi connectivity index (χ4n) is 2.68. The quantitative estimate of drug-likeness (QED) is 0.689. The molecule has 3 unspecified atom stereocenters. The van der Waals surface area contributed by atoms with Gasteiger partial charge in [-0.1, -0.05) is 36.0 Å². The standard InChI is InChI=1S/C19H21NO5S/c1-24-15-4-2-3-13(10-15)16(21)11-25-14-7-5-12(6-8-14)9-17-18(22)20-19(23)26-17/h2-8,10,16-18,21-22H,9,11H2,1H3,(H,20,23). The normalized spacial score (nSPS) is 20.5. The molecule has 2 aromatic carbocycles. The maximum Gasteiger partial charge on any atom is 0.281 e. The fourth-order valence-corrected chi connectivity index (χ4v) is 3.61. The number of carbonyl (C=O) groups excluding carboxylic acids is 1. The molecular weight excluding hydrogens is 354 g/mol. The van der Waals surface area contributed by atoms with Crippen LogP contribution in [0, 0.1) is 0 Å². The highest BCUT2D eigenvalue weighted by molar-refractivity contribution is 8.14. The van der Waals surface area contributed by atoms with E-state index in [-0.39, 0.29) is 17.1 Å². The number of ether oxygens (including phenoxy) is 2. The van der Waals surface area contributed by atoms with Gasteiger partial charge in [0.1, 0.15) is 30.4 Å². The van der Waals surface area contributed by atoms with Crippen LogP contribution in [-0.2, 0) is 6.42 Å². The summed E-state index contributed by atoms with van der Waals surface area (Å²) >= 11 is 1.11. The van der Waals surface area contributed by atoms with Gasteiger partial charge in [-0.25, -0.2) is 0 Å². The van der Waals surface area contributed by atoms with E-state index in [0.29, 0.717) is 17.9 Å². The first kappa shape index (κ1) is 18.6. The van der Waals surface area contributed by atoms with Gasteiger partial charge in [-0.15, -0.1) is 0 Å². The molecule has 0 bridgehead atoms. The Bertz CT molecular complexity index is 752. The second-order valence-electron chi connectivity index (χ2n) is 5.98. The summed E-state index contributed by atoms with van der Waals surface area (Å²) in [5.74, 6) is 1.33. The van der Waals surface area contributed by atoms with Gasteiger partial charge in [0.15, 0.2) is 0 Å². The molecular formula is C19H21NO5S. The van der Waals surface area contributed by atoms with E-state index in [9.17, 15) is 15.0 Å². The number of rotatable bonds is 7. The van der Waals surface area contributed by atoms with E-state index in [1.165, 1.54) is 0 Å². The molecule has 0 saturated carbocycles. The van der Waals surface area contributed by atoms with Crippen LogP contribution in [0.15, 0.2) is 48.5 Å². The maximum atomic E-state index is 11.3. The predicted octanol–water partition coefficient (Wildman–Crippen LogP) is 2.49. The molecule has 26 heavy (non-hydrogen) atoms. The van der Waals surface area contributed by atoms with Gasteiger partial charge in [0.2, 0.25) is 0 Å². The van der Waals surface area contributed by atoms with E-state index in [1.54, 1.807) is 13.2 Å². The Balaban J connectivity index is 1.53. The Morgan fingerprint density at radius 2 is 1.96 bits per heavy atom. The third kappa shape index (κ3) is 4.69. The number of aliphatic hydroxyl groups excluding tert-OH is 2. The summed E-state index contributed by atoms with van der Waals surface area (Å²) in [6, 6.07) is 14.6. The lowest BCUT2D eigenvalue weighted by molar-refractivity contribution is 0.108. The molecule has 1 aliphatic heterocycles. The number of nitrogens with one attached hydrogen (secondary N) is 1. The average Bonchev–Trinajstić information content (AvgIpc) is 2.97. The summed E-state index contributed by atoms with van der Waals surface area (Å²) in [6.45, 7) is 0.127. The highest BCUT2D eigenvalue weighted by atomic mass is 32.2.